The second-order valence-corrected chi connectivity index (χ2v) is 6.53. The number of nitrogens with zero attached hydrogens (tertiary/aromatic N) is 1. The smallest absolute Gasteiger partial charge is 0.244 e. The molecule has 21 heavy (non-hydrogen) atoms. The number of aryl methyl sites for hydroxylation is 3. The predicted octanol–water partition coefficient (Wildman–Crippen LogP) is 1.69. The van der Waals surface area contributed by atoms with E-state index in [9.17, 15) is 8.42 Å². The van der Waals surface area contributed by atoms with Crippen molar-refractivity contribution in [3.63, 3.8) is 0 Å². The molecule has 2 rings (SSSR count). The zero-order chi connectivity index (χ0) is 15.5. The molecule has 1 aromatic heterocycles. The zero-order valence-electron chi connectivity index (χ0n) is 12.3. The maximum absolute atomic E-state index is 12.2. The van der Waals surface area contributed by atoms with Crippen molar-refractivity contribution in [3.05, 3.63) is 41.2 Å². The van der Waals surface area contributed by atoms with Crippen molar-refractivity contribution >= 4 is 10.0 Å². The van der Waals surface area contributed by atoms with Gasteiger partial charge < -0.3 is 4.74 Å². The molecule has 2 N–H and O–H groups in total. The van der Waals surface area contributed by atoms with Crippen LogP contribution in [0.5, 0.6) is 5.75 Å². The maximum Gasteiger partial charge on any atom is 0.244 e. The Labute approximate surface area is 124 Å². The van der Waals surface area contributed by atoms with Gasteiger partial charge in [-0.25, -0.2) is 13.1 Å². The second-order valence-electron chi connectivity index (χ2n) is 4.83. The molecule has 0 aliphatic heterocycles. The van der Waals surface area contributed by atoms with Crippen LogP contribution in [0.2, 0.25) is 0 Å². The van der Waals surface area contributed by atoms with Crippen LogP contribution in [-0.2, 0) is 10.0 Å². The van der Waals surface area contributed by atoms with Gasteiger partial charge in [0.2, 0.25) is 10.0 Å². The molecule has 1 aromatic carbocycles. The van der Waals surface area contributed by atoms with Crippen LogP contribution in [0.3, 0.4) is 0 Å². The van der Waals surface area contributed by atoms with E-state index in [-0.39, 0.29) is 18.0 Å². The first-order chi connectivity index (χ1) is 9.90. The Morgan fingerprint density at radius 3 is 2.67 bits per heavy atom. The number of benzene rings is 1. The highest BCUT2D eigenvalue weighted by Crippen LogP contribution is 2.16. The summed E-state index contributed by atoms with van der Waals surface area (Å²) in [5.41, 5.74) is 2.08. The topological polar surface area (TPSA) is 84.1 Å². The van der Waals surface area contributed by atoms with E-state index < -0.39 is 10.0 Å². The number of hydrogen-bond acceptors (Lipinski definition) is 4. The van der Waals surface area contributed by atoms with Crippen molar-refractivity contribution in [1.29, 1.82) is 0 Å². The molecule has 0 amide bonds. The molecule has 0 atom stereocenters. The summed E-state index contributed by atoms with van der Waals surface area (Å²) in [5.74, 6) is 0.727. The van der Waals surface area contributed by atoms with Gasteiger partial charge in [-0.05, 0) is 38.5 Å². The van der Waals surface area contributed by atoms with Crippen LogP contribution in [0, 0.1) is 20.8 Å². The van der Waals surface area contributed by atoms with Gasteiger partial charge in [0.1, 0.15) is 17.3 Å². The first-order valence-corrected chi connectivity index (χ1v) is 8.09. The van der Waals surface area contributed by atoms with E-state index in [4.69, 9.17) is 4.74 Å². The molecule has 0 unspecified atom stereocenters. The average molecular weight is 309 g/mol. The largest absolute Gasteiger partial charge is 0.492 e. The van der Waals surface area contributed by atoms with Crippen molar-refractivity contribution in [2.75, 3.05) is 13.2 Å². The fraction of sp³-hybridized carbons (Fsp3) is 0.357. The SMILES string of the molecule is Cc1cccc(OCCNS(=O)(=O)c2c(C)n[nH]c2C)c1. The third-order valence-corrected chi connectivity index (χ3v) is 4.70. The van der Waals surface area contributed by atoms with Gasteiger partial charge in [0, 0.05) is 6.54 Å². The summed E-state index contributed by atoms with van der Waals surface area (Å²) in [6.45, 7) is 5.76. The first kappa shape index (κ1) is 15.5. The summed E-state index contributed by atoms with van der Waals surface area (Å²) in [7, 11) is -3.56. The minimum atomic E-state index is -3.56. The van der Waals surface area contributed by atoms with Gasteiger partial charge in [-0.3, -0.25) is 5.10 Å². The highest BCUT2D eigenvalue weighted by Gasteiger charge is 2.21. The first-order valence-electron chi connectivity index (χ1n) is 6.61. The molecule has 1 heterocycles. The third kappa shape index (κ3) is 3.83. The normalized spacial score (nSPS) is 11.6. The number of rotatable bonds is 6. The zero-order valence-corrected chi connectivity index (χ0v) is 13.1. The van der Waals surface area contributed by atoms with Gasteiger partial charge in [-0.1, -0.05) is 12.1 Å². The number of nitrogens with one attached hydrogen (secondary N) is 2. The predicted molar refractivity (Wildman–Crippen MR) is 79.9 cm³/mol. The summed E-state index contributed by atoms with van der Waals surface area (Å²) >= 11 is 0. The maximum atomic E-state index is 12.2. The van der Waals surface area contributed by atoms with Gasteiger partial charge in [0.05, 0.1) is 11.4 Å². The van der Waals surface area contributed by atoms with E-state index in [0.717, 1.165) is 11.3 Å². The van der Waals surface area contributed by atoms with Gasteiger partial charge >= 0.3 is 0 Å². The molecule has 0 saturated heterocycles. The Balaban J connectivity index is 1.91. The minimum Gasteiger partial charge on any atom is -0.492 e. The Bertz CT molecular complexity index is 703. The second kappa shape index (κ2) is 6.28. The standard InChI is InChI=1S/C14H19N3O3S/c1-10-5-4-6-13(9-10)20-8-7-15-21(18,19)14-11(2)16-17-12(14)3/h4-6,9,15H,7-8H2,1-3H3,(H,16,17). The lowest BCUT2D eigenvalue weighted by molar-refractivity contribution is 0.322. The van der Waals surface area contributed by atoms with Crippen LogP contribution in [0.25, 0.3) is 0 Å². The Hall–Kier alpha value is -1.86. The lowest BCUT2D eigenvalue weighted by Crippen LogP contribution is -2.29. The summed E-state index contributed by atoms with van der Waals surface area (Å²) < 4.78 is 32.4. The molecule has 0 aliphatic rings. The van der Waals surface area contributed by atoms with Crippen molar-refractivity contribution in [2.45, 2.75) is 25.7 Å². The number of sulfonamides is 1. The average Bonchev–Trinajstić information content (AvgIpc) is 2.75. The molecule has 7 heteroatoms. The molecule has 0 fully saturated rings. The lowest BCUT2D eigenvalue weighted by Gasteiger charge is -2.09. The summed E-state index contributed by atoms with van der Waals surface area (Å²) in [4.78, 5) is 0.207. The number of ether oxygens (including phenoxy) is 1. The minimum absolute atomic E-state index is 0.195. The molecule has 0 spiro atoms. The van der Waals surface area contributed by atoms with Gasteiger partial charge in [-0.15, -0.1) is 0 Å². The van der Waals surface area contributed by atoms with E-state index in [1.165, 1.54) is 0 Å². The molecule has 114 valence electrons. The number of aromatic amines is 1. The van der Waals surface area contributed by atoms with Gasteiger partial charge in [0.25, 0.3) is 0 Å². The molecule has 0 aliphatic carbocycles. The van der Waals surface area contributed by atoms with Crippen molar-refractivity contribution in [1.82, 2.24) is 14.9 Å². The van der Waals surface area contributed by atoms with Crippen LogP contribution in [0.15, 0.2) is 29.2 Å². The quantitative estimate of drug-likeness (QED) is 0.795. The van der Waals surface area contributed by atoms with E-state index >= 15 is 0 Å². The molecule has 6 nitrogen and oxygen atoms in total. The van der Waals surface area contributed by atoms with E-state index in [2.05, 4.69) is 14.9 Å². The van der Waals surface area contributed by atoms with Crippen molar-refractivity contribution in [3.8, 4) is 5.75 Å². The molecule has 0 saturated carbocycles. The van der Waals surface area contributed by atoms with Crippen LogP contribution in [-0.4, -0.2) is 31.8 Å². The van der Waals surface area contributed by atoms with E-state index in [1.807, 2.05) is 31.2 Å². The van der Waals surface area contributed by atoms with Crippen LogP contribution in [0.1, 0.15) is 17.0 Å². The fourth-order valence-electron chi connectivity index (χ4n) is 2.06. The van der Waals surface area contributed by atoms with E-state index in [1.54, 1.807) is 13.8 Å². The molecular weight excluding hydrogens is 290 g/mol. The molecule has 0 radical (unpaired) electrons. The molecular formula is C14H19N3O3S. The highest BCUT2D eigenvalue weighted by molar-refractivity contribution is 7.89. The summed E-state index contributed by atoms with van der Waals surface area (Å²) in [6.07, 6.45) is 0. The van der Waals surface area contributed by atoms with Crippen LogP contribution in [0.4, 0.5) is 0 Å². The van der Waals surface area contributed by atoms with Crippen molar-refractivity contribution in [2.24, 2.45) is 0 Å². The number of hydrogen-bond donors (Lipinski definition) is 2. The third-order valence-electron chi connectivity index (χ3n) is 2.98. The molecule has 0 bridgehead atoms. The monoisotopic (exact) mass is 309 g/mol. The molecule has 2 aromatic rings. The Morgan fingerprint density at radius 1 is 1.29 bits per heavy atom. The number of H-pyrrole nitrogens is 1. The summed E-state index contributed by atoms with van der Waals surface area (Å²) in [5, 5.41) is 6.56. The van der Waals surface area contributed by atoms with Gasteiger partial charge in [0.15, 0.2) is 0 Å². The van der Waals surface area contributed by atoms with Crippen LogP contribution < -0.4 is 9.46 Å². The Morgan fingerprint density at radius 2 is 2.05 bits per heavy atom. The van der Waals surface area contributed by atoms with Gasteiger partial charge in [-0.2, -0.15) is 5.10 Å². The van der Waals surface area contributed by atoms with Crippen molar-refractivity contribution < 1.29 is 13.2 Å². The fourth-order valence-corrected chi connectivity index (χ4v) is 3.44. The summed E-state index contributed by atoms with van der Waals surface area (Å²) in [6, 6.07) is 7.61. The Kier molecular flexibility index (Phi) is 4.64. The van der Waals surface area contributed by atoms with E-state index in [0.29, 0.717) is 11.4 Å². The number of aromatic nitrogens is 2. The highest BCUT2D eigenvalue weighted by atomic mass is 32.2. The lowest BCUT2D eigenvalue weighted by atomic mass is 10.2. The van der Waals surface area contributed by atoms with Crippen LogP contribution >= 0.6 is 0 Å².